The maximum atomic E-state index is 12.9. The van der Waals surface area contributed by atoms with Gasteiger partial charge in [0.25, 0.3) is 0 Å². The molecule has 2 rings (SSSR count). The van der Waals surface area contributed by atoms with Crippen molar-refractivity contribution in [3.63, 3.8) is 0 Å². The highest BCUT2D eigenvalue weighted by molar-refractivity contribution is 5.24. The van der Waals surface area contributed by atoms with E-state index in [4.69, 9.17) is 9.15 Å². The number of nitrogens with one attached hydrogen (secondary N) is 1. The summed E-state index contributed by atoms with van der Waals surface area (Å²) in [7, 11) is 1.82. The second-order valence-corrected chi connectivity index (χ2v) is 3.79. The maximum Gasteiger partial charge on any atom is 0.146 e. The molecule has 1 aromatic heterocycles. The van der Waals surface area contributed by atoms with E-state index in [0.717, 1.165) is 23.8 Å². The fraction of sp³-hybridized carbons (Fsp3) is 0.231. The Kier molecular flexibility index (Phi) is 3.94. The minimum atomic E-state index is -0.667. The highest BCUT2D eigenvalue weighted by Gasteiger charge is 2.07. The summed E-state index contributed by atoms with van der Waals surface area (Å²) >= 11 is 0. The molecular weight excluding hydrogens is 240 g/mol. The summed E-state index contributed by atoms with van der Waals surface area (Å²) in [6.07, 6.45) is 1.55. The zero-order valence-electron chi connectivity index (χ0n) is 9.87. The van der Waals surface area contributed by atoms with Crippen LogP contribution >= 0.6 is 0 Å². The van der Waals surface area contributed by atoms with Crippen LogP contribution in [0.2, 0.25) is 0 Å². The molecule has 0 atom stereocenters. The molecule has 0 saturated carbocycles. The van der Waals surface area contributed by atoms with Crippen LogP contribution in [0.15, 0.2) is 34.9 Å². The van der Waals surface area contributed by atoms with E-state index < -0.39 is 11.6 Å². The average molecular weight is 253 g/mol. The number of hydrogen-bond donors (Lipinski definition) is 1. The molecule has 96 valence electrons. The largest absolute Gasteiger partial charge is 0.485 e. The third-order valence-electron chi connectivity index (χ3n) is 2.41. The molecular formula is C13H13F2NO2. The van der Waals surface area contributed by atoms with Gasteiger partial charge in [-0.15, -0.1) is 0 Å². The number of benzene rings is 1. The number of hydrogen-bond acceptors (Lipinski definition) is 3. The van der Waals surface area contributed by atoms with Crippen molar-refractivity contribution >= 4 is 0 Å². The van der Waals surface area contributed by atoms with E-state index in [-0.39, 0.29) is 12.4 Å². The summed E-state index contributed by atoms with van der Waals surface area (Å²) in [5.74, 6) is -0.562. The molecule has 0 radical (unpaired) electrons. The van der Waals surface area contributed by atoms with Gasteiger partial charge in [-0.1, -0.05) is 0 Å². The standard InChI is InChI=1S/C13H13F2NO2/c1-16-7-9-2-3-17-13(9)8-18-12-5-10(14)4-11(15)6-12/h2-6,16H,7-8H2,1H3. The fourth-order valence-corrected chi connectivity index (χ4v) is 1.60. The first-order chi connectivity index (χ1) is 8.69. The maximum absolute atomic E-state index is 12.9. The molecule has 0 aliphatic carbocycles. The van der Waals surface area contributed by atoms with Crippen LogP contribution in [0.3, 0.4) is 0 Å². The topological polar surface area (TPSA) is 34.4 Å². The molecule has 18 heavy (non-hydrogen) atoms. The Bertz CT molecular complexity index is 505. The van der Waals surface area contributed by atoms with Gasteiger partial charge in [-0.3, -0.25) is 0 Å². The lowest BCUT2D eigenvalue weighted by atomic mass is 10.2. The molecule has 0 spiro atoms. The van der Waals surface area contributed by atoms with Crippen molar-refractivity contribution < 1.29 is 17.9 Å². The zero-order valence-corrected chi connectivity index (χ0v) is 9.87. The van der Waals surface area contributed by atoms with E-state index in [0.29, 0.717) is 12.3 Å². The lowest BCUT2D eigenvalue weighted by molar-refractivity contribution is 0.266. The zero-order chi connectivity index (χ0) is 13.0. The van der Waals surface area contributed by atoms with Gasteiger partial charge in [-0.05, 0) is 13.1 Å². The Morgan fingerprint density at radius 3 is 2.61 bits per heavy atom. The van der Waals surface area contributed by atoms with Gasteiger partial charge in [0.2, 0.25) is 0 Å². The lowest BCUT2D eigenvalue weighted by Crippen LogP contribution is -2.07. The first kappa shape index (κ1) is 12.6. The molecule has 0 unspecified atom stereocenters. The molecule has 1 aromatic carbocycles. The summed E-state index contributed by atoms with van der Waals surface area (Å²) in [6.45, 7) is 0.777. The third kappa shape index (κ3) is 3.07. The van der Waals surface area contributed by atoms with Crippen molar-refractivity contribution in [2.45, 2.75) is 13.2 Å². The Balaban J connectivity index is 2.04. The molecule has 5 heteroatoms. The van der Waals surface area contributed by atoms with Crippen molar-refractivity contribution in [3.05, 3.63) is 53.5 Å². The van der Waals surface area contributed by atoms with Crippen LogP contribution in [0.4, 0.5) is 8.78 Å². The van der Waals surface area contributed by atoms with E-state index in [1.807, 2.05) is 13.1 Å². The van der Waals surface area contributed by atoms with Gasteiger partial charge in [0.05, 0.1) is 6.26 Å². The summed E-state index contributed by atoms with van der Waals surface area (Å²) in [5, 5.41) is 2.99. The SMILES string of the molecule is CNCc1ccoc1COc1cc(F)cc(F)c1. The molecule has 0 aliphatic rings. The van der Waals surface area contributed by atoms with Crippen molar-refractivity contribution in [2.75, 3.05) is 7.05 Å². The van der Waals surface area contributed by atoms with Crippen LogP contribution in [-0.4, -0.2) is 7.05 Å². The summed E-state index contributed by atoms with van der Waals surface area (Å²) in [6, 6.07) is 4.88. The number of halogens is 2. The molecule has 2 aromatic rings. The lowest BCUT2D eigenvalue weighted by Gasteiger charge is -2.06. The van der Waals surface area contributed by atoms with Gasteiger partial charge in [-0.2, -0.15) is 0 Å². The number of ether oxygens (including phenoxy) is 1. The van der Waals surface area contributed by atoms with E-state index >= 15 is 0 Å². The van der Waals surface area contributed by atoms with E-state index in [9.17, 15) is 8.78 Å². The summed E-state index contributed by atoms with van der Waals surface area (Å²) < 4.78 is 36.4. The molecule has 0 saturated heterocycles. The molecule has 1 heterocycles. The van der Waals surface area contributed by atoms with Gasteiger partial charge in [0, 0.05) is 30.3 Å². The van der Waals surface area contributed by atoms with Crippen LogP contribution in [0.25, 0.3) is 0 Å². The van der Waals surface area contributed by atoms with Crippen LogP contribution in [0, 0.1) is 11.6 Å². The van der Waals surface area contributed by atoms with Gasteiger partial charge in [0.15, 0.2) is 0 Å². The first-order valence-electron chi connectivity index (χ1n) is 5.48. The van der Waals surface area contributed by atoms with Crippen molar-refractivity contribution in [2.24, 2.45) is 0 Å². The van der Waals surface area contributed by atoms with Crippen molar-refractivity contribution in [3.8, 4) is 5.75 Å². The second-order valence-electron chi connectivity index (χ2n) is 3.79. The molecule has 1 N–H and O–H groups in total. The molecule has 0 amide bonds. The molecule has 0 fully saturated rings. The Morgan fingerprint density at radius 2 is 1.94 bits per heavy atom. The predicted octanol–water partition coefficient (Wildman–Crippen LogP) is 2.86. The van der Waals surface area contributed by atoms with E-state index in [2.05, 4.69) is 5.32 Å². The van der Waals surface area contributed by atoms with Crippen molar-refractivity contribution in [1.82, 2.24) is 5.32 Å². The van der Waals surface area contributed by atoms with Gasteiger partial charge < -0.3 is 14.5 Å². The Hall–Kier alpha value is -1.88. The van der Waals surface area contributed by atoms with Crippen molar-refractivity contribution in [1.29, 1.82) is 0 Å². The molecule has 0 aliphatic heterocycles. The number of furan rings is 1. The van der Waals surface area contributed by atoms with Crippen LogP contribution < -0.4 is 10.1 Å². The minimum Gasteiger partial charge on any atom is -0.485 e. The van der Waals surface area contributed by atoms with Gasteiger partial charge in [0.1, 0.15) is 29.8 Å². The first-order valence-corrected chi connectivity index (χ1v) is 5.48. The predicted molar refractivity (Wildman–Crippen MR) is 62.2 cm³/mol. The van der Waals surface area contributed by atoms with Crippen LogP contribution in [0.5, 0.6) is 5.75 Å². The van der Waals surface area contributed by atoms with Crippen LogP contribution in [-0.2, 0) is 13.2 Å². The smallest absolute Gasteiger partial charge is 0.146 e. The fourth-order valence-electron chi connectivity index (χ4n) is 1.60. The normalized spacial score (nSPS) is 10.6. The average Bonchev–Trinajstić information content (AvgIpc) is 2.73. The molecule has 3 nitrogen and oxygen atoms in total. The van der Waals surface area contributed by atoms with E-state index in [1.165, 1.54) is 0 Å². The minimum absolute atomic E-state index is 0.132. The van der Waals surface area contributed by atoms with E-state index in [1.54, 1.807) is 6.26 Å². The van der Waals surface area contributed by atoms with Gasteiger partial charge >= 0.3 is 0 Å². The monoisotopic (exact) mass is 253 g/mol. The number of rotatable bonds is 5. The summed E-state index contributed by atoms with van der Waals surface area (Å²) in [4.78, 5) is 0. The Morgan fingerprint density at radius 1 is 1.22 bits per heavy atom. The third-order valence-corrected chi connectivity index (χ3v) is 2.41. The van der Waals surface area contributed by atoms with Gasteiger partial charge in [-0.25, -0.2) is 8.78 Å². The highest BCUT2D eigenvalue weighted by Crippen LogP contribution is 2.18. The Labute approximate surface area is 103 Å². The highest BCUT2D eigenvalue weighted by atomic mass is 19.1. The van der Waals surface area contributed by atoms with Crippen LogP contribution in [0.1, 0.15) is 11.3 Å². The second kappa shape index (κ2) is 5.64. The quantitative estimate of drug-likeness (QED) is 0.889. The molecule has 0 bridgehead atoms. The summed E-state index contributed by atoms with van der Waals surface area (Å²) in [5.41, 5.74) is 0.953.